The Labute approximate surface area is 196 Å². The number of benzene rings is 3. The average Bonchev–Trinajstić information content (AvgIpc) is 2.82. The number of hydrogen-bond donors (Lipinski definition) is 0. The van der Waals surface area contributed by atoms with Gasteiger partial charge < -0.3 is 33.6 Å². The summed E-state index contributed by atoms with van der Waals surface area (Å²) in [5, 5.41) is 14.8. The summed E-state index contributed by atoms with van der Waals surface area (Å²) in [6.07, 6.45) is 2.09. The van der Waals surface area contributed by atoms with E-state index in [0.29, 0.717) is 13.2 Å². The van der Waals surface area contributed by atoms with Crippen molar-refractivity contribution in [3.8, 4) is 6.07 Å². The first-order valence-electron chi connectivity index (χ1n) is 9.86. The third-order valence-electron chi connectivity index (χ3n) is 5.26. The van der Waals surface area contributed by atoms with Gasteiger partial charge in [-0.3, -0.25) is 0 Å². The van der Waals surface area contributed by atoms with Gasteiger partial charge in [-0.05, 0) is 36.4 Å². The summed E-state index contributed by atoms with van der Waals surface area (Å²) in [5.41, 5.74) is 0. The van der Waals surface area contributed by atoms with Crippen LogP contribution in [0.25, 0.3) is 0 Å². The monoisotopic (exact) mass is 526 g/mol. The van der Waals surface area contributed by atoms with E-state index in [-0.39, 0.29) is 24.0 Å². The Hall–Kier alpha value is -2.19. The number of ether oxygens (including phenoxy) is 1. The van der Waals surface area contributed by atoms with E-state index in [1.54, 1.807) is 0 Å². The maximum absolute atomic E-state index is 10.4. The van der Waals surface area contributed by atoms with Gasteiger partial charge in [-0.15, -0.1) is 0 Å². The summed E-state index contributed by atoms with van der Waals surface area (Å²) in [6.45, 7) is 3.01. The largest absolute Gasteiger partial charge is 1.00 e. The van der Waals surface area contributed by atoms with Crippen LogP contribution < -0.4 is 39.9 Å². The van der Waals surface area contributed by atoms with Crippen molar-refractivity contribution >= 4 is 23.2 Å². The van der Waals surface area contributed by atoms with Crippen LogP contribution >= 0.6 is 7.26 Å². The Morgan fingerprint density at radius 3 is 1.53 bits per heavy atom. The number of halogens is 1. The summed E-state index contributed by atoms with van der Waals surface area (Å²) >= 11 is 0. The fraction of sp³-hybridized carbons (Fsp3) is 0.160. The van der Waals surface area contributed by atoms with Gasteiger partial charge in [-0.2, -0.15) is 5.26 Å². The summed E-state index contributed by atoms with van der Waals surface area (Å²) in [6, 6.07) is 34.1. The lowest BCUT2D eigenvalue weighted by Gasteiger charge is -2.30. The van der Waals surface area contributed by atoms with E-state index >= 15 is 0 Å². The number of nitrogens with zero attached hydrogens (tertiary/aromatic N) is 2. The predicted molar refractivity (Wildman–Crippen MR) is 121 cm³/mol. The van der Waals surface area contributed by atoms with Crippen molar-refractivity contribution in [2.75, 3.05) is 26.3 Å². The van der Waals surface area contributed by atoms with Gasteiger partial charge in [-0.25, -0.2) is 0 Å². The maximum Gasteiger partial charge on any atom is 0.201 e. The molecular weight excluding hydrogens is 502 g/mol. The Morgan fingerprint density at radius 1 is 0.767 bits per heavy atom. The standard InChI is InChI=1S/C25H24N2OP.HI/c26-20-25(21-27-16-18-28-19-17-27)29(22-10-4-1-5-11-22,23-12-6-2-7-13-23)24-14-8-3-9-15-24;/h1-15,21H,16-19H2;1H/q+1;/p-1/b25-21+;. The third kappa shape index (κ3) is 4.44. The van der Waals surface area contributed by atoms with Crippen LogP contribution in [0.1, 0.15) is 0 Å². The molecule has 0 radical (unpaired) electrons. The highest BCUT2D eigenvalue weighted by molar-refractivity contribution is 7.99. The minimum atomic E-state index is -2.31. The molecule has 3 aromatic carbocycles. The van der Waals surface area contributed by atoms with Crippen molar-refractivity contribution in [1.29, 1.82) is 5.26 Å². The molecule has 1 saturated heterocycles. The summed E-state index contributed by atoms with van der Waals surface area (Å²) in [5.74, 6) is 0. The number of rotatable bonds is 5. The molecule has 30 heavy (non-hydrogen) atoms. The first kappa shape index (κ1) is 22.5. The molecule has 1 aliphatic heterocycles. The van der Waals surface area contributed by atoms with E-state index in [0.717, 1.165) is 18.4 Å². The molecule has 0 N–H and O–H groups in total. The molecule has 152 valence electrons. The van der Waals surface area contributed by atoms with E-state index in [1.165, 1.54) is 15.9 Å². The normalized spacial score (nSPS) is 14.5. The first-order chi connectivity index (χ1) is 14.4. The Bertz CT molecular complexity index is 901. The molecule has 0 aromatic heterocycles. The fourth-order valence-electron chi connectivity index (χ4n) is 3.89. The molecule has 1 fully saturated rings. The van der Waals surface area contributed by atoms with Crippen LogP contribution in [0.15, 0.2) is 103 Å². The van der Waals surface area contributed by atoms with Gasteiger partial charge in [0, 0.05) is 13.1 Å². The quantitative estimate of drug-likeness (QED) is 0.279. The lowest BCUT2D eigenvalue weighted by Crippen LogP contribution is -3.00. The Morgan fingerprint density at radius 2 is 1.17 bits per heavy atom. The molecule has 0 bridgehead atoms. The van der Waals surface area contributed by atoms with Crippen LogP contribution in [0, 0.1) is 11.3 Å². The molecule has 0 amide bonds. The van der Waals surface area contributed by atoms with E-state index in [9.17, 15) is 5.26 Å². The van der Waals surface area contributed by atoms with E-state index < -0.39 is 7.26 Å². The predicted octanol–water partition coefficient (Wildman–Crippen LogP) is 0.682. The Kier molecular flexibility index (Phi) is 8.04. The molecule has 1 aliphatic rings. The SMILES string of the molecule is N#C/C(=C\N1CCOCC1)[P+](c1ccccc1)(c1ccccc1)c1ccccc1.[I-]. The second-order valence-corrected chi connectivity index (χ2v) is 10.3. The lowest BCUT2D eigenvalue weighted by atomic mass is 10.3. The second-order valence-electron chi connectivity index (χ2n) is 6.95. The minimum Gasteiger partial charge on any atom is -1.00 e. The smallest absolute Gasteiger partial charge is 0.201 e. The van der Waals surface area contributed by atoms with Crippen molar-refractivity contribution in [3.63, 3.8) is 0 Å². The van der Waals surface area contributed by atoms with E-state index in [2.05, 4.69) is 90.0 Å². The molecule has 0 aliphatic carbocycles. The van der Waals surface area contributed by atoms with Crippen LogP contribution in [0.4, 0.5) is 0 Å². The Balaban J connectivity index is 0.00000256. The van der Waals surface area contributed by atoms with Crippen LogP contribution in [0.5, 0.6) is 0 Å². The van der Waals surface area contributed by atoms with Crippen molar-refractivity contribution in [2.24, 2.45) is 0 Å². The van der Waals surface area contributed by atoms with Gasteiger partial charge in [-0.1, -0.05) is 54.6 Å². The molecule has 5 heteroatoms. The highest BCUT2D eigenvalue weighted by Crippen LogP contribution is 2.62. The van der Waals surface area contributed by atoms with Crippen LogP contribution in [0.3, 0.4) is 0 Å². The van der Waals surface area contributed by atoms with Gasteiger partial charge in [0.25, 0.3) is 0 Å². The zero-order valence-corrected chi connectivity index (χ0v) is 19.7. The van der Waals surface area contributed by atoms with Crippen LogP contribution in [-0.4, -0.2) is 31.2 Å². The fourth-order valence-corrected chi connectivity index (χ4v) is 7.96. The van der Waals surface area contributed by atoms with Crippen molar-refractivity contribution in [2.45, 2.75) is 0 Å². The summed E-state index contributed by atoms with van der Waals surface area (Å²) in [7, 11) is -2.31. The second kappa shape index (κ2) is 10.7. The number of nitriles is 1. The van der Waals surface area contributed by atoms with Crippen LogP contribution in [-0.2, 0) is 4.74 Å². The van der Waals surface area contributed by atoms with Gasteiger partial charge in [0.05, 0.1) is 19.4 Å². The molecule has 3 aromatic rings. The molecule has 0 saturated carbocycles. The van der Waals surface area contributed by atoms with Crippen molar-refractivity contribution in [3.05, 3.63) is 103 Å². The van der Waals surface area contributed by atoms with Crippen LogP contribution in [0.2, 0.25) is 0 Å². The lowest BCUT2D eigenvalue weighted by molar-refractivity contribution is -0.00000694. The molecule has 0 atom stereocenters. The third-order valence-corrected chi connectivity index (χ3v) is 9.41. The molecule has 3 nitrogen and oxygen atoms in total. The van der Waals surface area contributed by atoms with Crippen molar-refractivity contribution < 1.29 is 28.7 Å². The highest BCUT2D eigenvalue weighted by atomic mass is 127. The summed E-state index contributed by atoms with van der Waals surface area (Å²) in [4.78, 5) is 2.23. The van der Waals surface area contributed by atoms with Gasteiger partial charge in [0.1, 0.15) is 22.0 Å². The van der Waals surface area contributed by atoms with Gasteiger partial charge in [0.2, 0.25) is 5.31 Å². The maximum atomic E-state index is 10.4. The van der Waals surface area contributed by atoms with E-state index in [1.807, 2.05) is 18.2 Å². The van der Waals surface area contributed by atoms with Gasteiger partial charge in [0.15, 0.2) is 7.26 Å². The highest BCUT2D eigenvalue weighted by Gasteiger charge is 2.50. The molecular formula is C25H24IN2OP. The average molecular weight is 526 g/mol. The topological polar surface area (TPSA) is 36.3 Å². The first-order valence-corrected chi connectivity index (χ1v) is 11.6. The summed E-state index contributed by atoms with van der Waals surface area (Å²) < 4.78 is 5.51. The van der Waals surface area contributed by atoms with E-state index in [4.69, 9.17) is 4.74 Å². The molecule has 1 heterocycles. The number of hydrogen-bond acceptors (Lipinski definition) is 3. The number of morpholine rings is 1. The molecule has 0 unspecified atom stereocenters. The zero-order valence-electron chi connectivity index (χ0n) is 16.7. The zero-order chi connectivity index (χ0) is 19.9. The molecule has 0 spiro atoms. The number of allylic oxidation sites excluding steroid dienone is 1. The molecule has 4 rings (SSSR count). The van der Waals surface area contributed by atoms with Crippen molar-refractivity contribution in [1.82, 2.24) is 4.90 Å². The van der Waals surface area contributed by atoms with Gasteiger partial charge >= 0.3 is 0 Å². The minimum absolute atomic E-state index is 0.